The van der Waals surface area contributed by atoms with E-state index in [1.165, 1.54) is 18.2 Å². The number of benzene rings is 1. The largest absolute Gasteiger partial charge is 0.421 e. The van der Waals surface area contributed by atoms with Crippen LogP contribution in [0.5, 0.6) is 0 Å². The van der Waals surface area contributed by atoms with Crippen LogP contribution in [0.1, 0.15) is 54.1 Å². The SMILES string of the molecule is CCCC(O)(c1ccc(C)c(C(=O)N2CCCC2)c1)C(F)(F)F. The zero-order valence-electron chi connectivity index (χ0n) is 13.4. The summed E-state index contributed by atoms with van der Waals surface area (Å²) in [5.74, 6) is -0.261. The quantitative estimate of drug-likeness (QED) is 0.913. The fourth-order valence-corrected chi connectivity index (χ4v) is 3.01. The fraction of sp³-hybridized carbons (Fsp3) is 0.588. The second kappa shape index (κ2) is 6.51. The predicted octanol–water partition coefficient (Wildman–Crippen LogP) is 3.78. The molecule has 1 aliphatic heterocycles. The van der Waals surface area contributed by atoms with Gasteiger partial charge in [0, 0.05) is 18.7 Å². The summed E-state index contributed by atoms with van der Waals surface area (Å²) in [5, 5.41) is 10.2. The first-order valence-electron chi connectivity index (χ1n) is 7.90. The van der Waals surface area contributed by atoms with Gasteiger partial charge in [-0.15, -0.1) is 0 Å². The Morgan fingerprint density at radius 1 is 1.26 bits per heavy atom. The third-order valence-electron chi connectivity index (χ3n) is 4.42. The van der Waals surface area contributed by atoms with Crippen LogP contribution in [0.3, 0.4) is 0 Å². The Kier molecular flexibility index (Phi) is 5.04. The van der Waals surface area contributed by atoms with Gasteiger partial charge in [-0.25, -0.2) is 0 Å². The maximum atomic E-state index is 13.4. The summed E-state index contributed by atoms with van der Waals surface area (Å²) in [5.41, 5.74) is -2.33. The number of carbonyl (C=O) groups excluding carboxylic acids is 1. The molecule has 2 rings (SSSR count). The Hall–Kier alpha value is -1.56. The molecule has 3 nitrogen and oxygen atoms in total. The number of alkyl halides is 3. The van der Waals surface area contributed by atoms with E-state index < -0.39 is 18.2 Å². The molecular formula is C17H22F3NO2. The molecule has 0 radical (unpaired) electrons. The molecule has 1 heterocycles. The number of rotatable bonds is 4. The molecule has 1 unspecified atom stereocenters. The van der Waals surface area contributed by atoms with Gasteiger partial charge in [-0.3, -0.25) is 4.79 Å². The molecular weight excluding hydrogens is 307 g/mol. The summed E-state index contributed by atoms with van der Waals surface area (Å²) in [6.45, 7) is 4.53. The van der Waals surface area contributed by atoms with Crippen molar-refractivity contribution in [3.05, 3.63) is 34.9 Å². The highest BCUT2D eigenvalue weighted by atomic mass is 19.4. The van der Waals surface area contributed by atoms with Gasteiger partial charge in [0.05, 0.1) is 0 Å². The second-order valence-corrected chi connectivity index (χ2v) is 6.14. The highest BCUT2D eigenvalue weighted by Gasteiger charge is 2.54. The number of nitrogens with zero attached hydrogens (tertiary/aromatic N) is 1. The van der Waals surface area contributed by atoms with Crippen LogP contribution in [-0.2, 0) is 5.60 Å². The monoisotopic (exact) mass is 329 g/mol. The molecule has 1 amide bonds. The Labute approximate surface area is 134 Å². The molecule has 1 saturated heterocycles. The first-order valence-corrected chi connectivity index (χ1v) is 7.90. The molecule has 1 N–H and O–H groups in total. The molecule has 0 spiro atoms. The minimum Gasteiger partial charge on any atom is -0.376 e. The van der Waals surface area contributed by atoms with Crippen LogP contribution in [0.25, 0.3) is 0 Å². The van der Waals surface area contributed by atoms with E-state index in [1.54, 1.807) is 18.7 Å². The summed E-state index contributed by atoms with van der Waals surface area (Å²) in [7, 11) is 0. The molecule has 1 aromatic carbocycles. The summed E-state index contributed by atoms with van der Waals surface area (Å²) in [6, 6.07) is 3.95. The molecule has 1 atom stereocenters. The van der Waals surface area contributed by atoms with E-state index in [0.717, 1.165) is 12.8 Å². The Balaban J connectivity index is 2.44. The van der Waals surface area contributed by atoms with Crippen LogP contribution in [0, 0.1) is 6.92 Å². The van der Waals surface area contributed by atoms with E-state index in [0.29, 0.717) is 18.7 Å². The van der Waals surface area contributed by atoms with Crippen molar-refractivity contribution in [1.82, 2.24) is 4.90 Å². The van der Waals surface area contributed by atoms with Crippen molar-refractivity contribution in [3.63, 3.8) is 0 Å². The number of amides is 1. The lowest BCUT2D eigenvalue weighted by molar-refractivity contribution is -0.269. The minimum absolute atomic E-state index is 0.180. The summed E-state index contributed by atoms with van der Waals surface area (Å²) < 4.78 is 40.1. The van der Waals surface area contributed by atoms with Crippen LogP contribution in [0.15, 0.2) is 18.2 Å². The molecule has 1 aliphatic rings. The van der Waals surface area contributed by atoms with Gasteiger partial charge in [-0.05, 0) is 43.4 Å². The van der Waals surface area contributed by atoms with Crippen molar-refractivity contribution in [2.24, 2.45) is 0 Å². The normalized spacial score (nSPS) is 18.1. The standard InChI is InChI=1S/C17H22F3NO2/c1-3-8-16(23,17(18,19)20)13-7-6-12(2)14(11-13)15(22)21-9-4-5-10-21/h6-7,11,23H,3-5,8-10H2,1-2H3. The molecule has 1 fully saturated rings. The van der Waals surface area contributed by atoms with E-state index in [2.05, 4.69) is 0 Å². The number of hydrogen-bond donors (Lipinski definition) is 1. The molecule has 6 heteroatoms. The van der Waals surface area contributed by atoms with E-state index in [1.807, 2.05) is 0 Å². The number of likely N-dealkylation sites (tertiary alicyclic amines) is 1. The summed E-state index contributed by atoms with van der Waals surface area (Å²) in [4.78, 5) is 14.2. The summed E-state index contributed by atoms with van der Waals surface area (Å²) >= 11 is 0. The van der Waals surface area contributed by atoms with E-state index in [4.69, 9.17) is 0 Å². The van der Waals surface area contributed by atoms with E-state index in [9.17, 15) is 23.1 Å². The zero-order chi connectivity index (χ0) is 17.3. The third kappa shape index (κ3) is 3.37. The van der Waals surface area contributed by atoms with Crippen molar-refractivity contribution in [2.45, 2.75) is 51.3 Å². The van der Waals surface area contributed by atoms with Gasteiger partial charge in [0.2, 0.25) is 0 Å². The number of aliphatic hydroxyl groups is 1. The Bertz CT molecular complexity index is 580. The first-order chi connectivity index (χ1) is 10.7. The van der Waals surface area contributed by atoms with Crippen LogP contribution in [0.2, 0.25) is 0 Å². The van der Waals surface area contributed by atoms with Gasteiger partial charge >= 0.3 is 6.18 Å². The predicted molar refractivity (Wildman–Crippen MR) is 81.2 cm³/mol. The molecule has 0 aromatic heterocycles. The van der Waals surface area contributed by atoms with Gasteiger partial charge in [-0.2, -0.15) is 13.2 Å². The second-order valence-electron chi connectivity index (χ2n) is 6.14. The lowest BCUT2D eigenvalue weighted by Crippen LogP contribution is -2.42. The smallest absolute Gasteiger partial charge is 0.376 e. The lowest BCUT2D eigenvalue weighted by atomic mass is 9.86. The number of halogens is 3. The van der Waals surface area contributed by atoms with Crippen LogP contribution >= 0.6 is 0 Å². The highest BCUT2D eigenvalue weighted by Crippen LogP contribution is 2.42. The van der Waals surface area contributed by atoms with Crippen LogP contribution in [0.4, 0.5) is 13.2 Å². The molecule has 23 heavy (non-hydrogen) atoms. The van der Waals surface area contributed by atoms with Gasteiger partial charge < -0.3 is 10.0 Å². The summed E-state index contributed by atoms with van der Waals surface area (Å²) in [6.07, 6.45) is -3.22. The third-order valence-corrected chi connectivity index (χ3v) is 4.42. The van der Waals surface area contributed by atoms with Crippen molar-refractivity contribution in [2.75, 3.05) is 13.1 Å². The number of hydrogen-bond acceptors (Lipinski definition) is 2. The van der Waals surface area contributed by atoms with E-state index >= 15 is 0 Å². The van der Waals surface area contributed by atoms with Crippen molar-refractivity contribution < 1.29 is 23.1 Å². The van der Waals surface area contributed by atoms with Gasteiger partial charge in [0.25, 0.3) is 5.91 Å². The fourth-order valence-electron chi connectivity index (χ4n) is 3.01. The molecule has 128 valence electrons. The molecule has 0 saturated carbocycles. The van der Waals surface area contributed by atoms with Crippen molar-refractivity contribution in [3.8, 4) is 0 Å². The average Bonchev–Trinajstić information content (AvgIpc) is 3.00. The van der Waals surface area contributed by atoms with Gasteiger partial charge in [0.15, 0.2) is 5.60 Å². The maximum Gasteiger partial charge on any atom is 0.421 e. The topological polar surface area (TPSA) is 40.5 Å². The average molecular weight is 329 g/mol. The molecule has 0 bridgehead atoms. The van der Waals surface area contributed by atoms with E-state index in [-0.39, 0.29) is 23.5 Å². The van der Waals surface area contributed by atoms with Crippen LogP contribution in [-0.4, -0.2) is 35.2 Å². The maximum absolute atomic E-state index is 13.4. The Morgan fingerprint density at radius 3 is 2.39 bits per heavy atom. The number of aryl methyl sites for hydroxylation is 1. The Morgan fingerprint density at radius 2 is 1.87 bits per heavy atom. The van der Waals surface area contributed by atoms with Gasteiger partial charge in [-0.1, -0.05) is 25.5 Å². The lowest BCUT2D eigenvalue weighted by Gasteiger charge is -2.31. The van der Waals surface area contributed by atoms with Gasteiger partial charge in [0.1, 0.15) is 0 Å². The first kappa shape index (κ1) is 17.8. The van der Waals surface area contributed by atoms with Crippen LogP contribution < -0.4 is 0 Å². The zero-order valence-corrected chi connectivity index (χ0v) is 13.4. The van der Waals surface area contributed by atoms with Crippen molar-refractivity contribution >= 4 is 5.91 Å². The minimum atomic E-state index is -4.79. The van der Waals surface area contributed by atoms with Crippen molar-refractivity contribution in [1.29, 1.82) is 0 Å². The molecule has 0 aliphatic carbocycles. The highest BCUT2D eigenvalue weighted by molar-refractivity contribution is 5.96. The number of carbonyl (C=O) groups is 1. The molecule has 1 aromatic rings.